The highest BCUT2D eigenvalue weighted by Gasteiger charge is 2.30. The zero-order chi connectivity index (χ0) is 44.3. The number of amides is 2. The van der Waals surface area contributed by atoms with E-state index in [1.807, 2.05) is 45.0 Å². The number of hydrogen-bond donors (Lipinski definition) is 3. The Kier molecular flexibility index (Phi) is 13.1. The lowest BCUT2D eigenvalue weighted by Crippen LogP contribution is -2.49. The molecule has 0 radical (unpaired) electrons. The summed E-state index contributed by atoms with van der Waals surface area (Å²) in [6, 6.07) is 18.7. The number of halogens is 1. The summed E-state index contributed by atoms with van der Waals surface area (Å²) in [7, 11) is -3.71. The average Bonchev–Trinajstić information content (AvgIpc) is 3.72. The third-order valence-electron chi connectivity index (χ3n) is 11.9. The van der Waals surface area contributed by atoms with Crippen LogP contribution in [0.5, 0.6) is 0 Å². The average molecular weight is 895 g/mol. The third-order valence-corrected chi connectivity index (χ3v) is 14.9. The summed E-state index contributed by atoms with van der Waals surface area (Å²) in [5, 5.41) is 6.57. The minimum Gasteiger partial charge on any atom is -0.369 e. The van der Waals surface area contributed by atoms with Crippen molar-refractivity contribution < 1.29 is 22.4 Å². The lowest BCUT2D eigenvalue weighted by molar-refractivity contribution is -0.134. The Bertz CT molecular complexity index is 2530. The topological polar surface area (TPSA) is 166 Å². The molecule has 0 spiro atoms. The van der Waals surface area contributed by atoms with E-state index in [4.69, 9.17) is 15.0 Å². The molecule has 14 nitrogen and oxygen atoms in total. The van der Waals surface area contributed by atoms with Gasteiger partial charge in [-0.25, -0.2) is 32.7 Å². The number of benzene rings is 2. The molecule has 3 fully saturated rings. The van der Waals surface area contributed by atoms with Gasteiger partial charge in [0.25, 0.3) is 0 Å². The van der Waals surface area contributed by atoms with Crippen molar-refractivity contribution in [2.24, 2.45) is 5.92 Å². The molecule has 63 heavy (non-hydrogen) atoms. The minimum atomic E-state index is -3.71. The fourth-order valence-corrected chi connectivity index (χ4v) is 10.6. The molecule has 3 saturated heterocycles. The first-order valence-electron chi connectivity index (χ1n) is 21.8. The lowest BCUT2D eigenvalue weighted by Gasteiger charge is -2.40. The molecule has 3 N–H and O–H groups in total. The van der Waals surface area contributed by atoms with Crippen LogP contribution in [0.4, 0.5) is 33.2 Å². The van der Waals surface area contributed by atoms with Gasteiger partial charge < -0.3 is 15.1 Å². The fraction of sp³-hybridized carbons (Fsp3) is 0.435. The number of carbonyl (C=O) groups excluding carboxylic acids is 2. The van der Waals surface area contributed by atoms with E-state index in [0.717, 1.165) is 86.4 Å². The van der Waals surface area contributed by atoms with Gasteiger partial charge >= 0.3 is 0 Å². The largest absolute Gasteiger partial charge is 0.369 e. The molecule has 6 heterocycles. The number of aromatic nitrogens is 4. The van der Waals surface area contributed by atoms with Crippen LogP contribution in [0.25, 0.3) is 21.8 Å². The predicted molar refractivity (Wildman–Crippen MR) is 248 cm³/mol. The molecule has 0 unspecified atom stereocenters. The molecule has 3 aliphatic rings. The number of imide groups is 1. The smallest absolute Gasteiger partial charge is 0.234 e. The quantitative estimate of drug-likeness (QED) is 0.0996. The first-order chi connectivity index (χ1) is 30.2. The second-order valence-corrected chi connectivity index (χ2v) is 20.5. The summed E-state index contributed by atoms with van der Waals surface area (Å²) >= 11 is 1.43. The maximum Gasteiger partial charge on any atom is 0.234 e. The third kappa shape index (κ3) is 10.5. The highest BCUT2D eigenvalue weighted by Crippen LogP contribution is 2.42. The fourth-order valence-electron chi connectivity index (χ4n) is 8.41. The monoisotopic (exact) mass is 894 g/mol. The van der Waals surface area contributed by atoms with Gasteiger partial charge in [0.05, 0.1) is 38.6 Å². The van der Waals surface area contributed by atoms with Crippen LogP contribution in [-0.2, 0) is 25.0 Å². The Morgan fingerprint density at radius 2 is 1.65 bits per heavy atom. The Labute approximate surface area is 372 Å². The van der Waals surface area contributed by atoms with E-state index in [0.29, 0.717) is 47.4 Å². The number of nitrogens with zero attached hydrogens (tertiary/aromatic N) is 7. The van der Waals surface area contributed by atoms with Crippen molar-refractivity contribution >= 4 is 62.0 Å². The van der Waals surface area contributed by atoms with Crippen LogP contribution in [0.2, 0.25) is 0 Å². The molecule has 8 rings (SSSR count). The summed E-state index contributed by atoms with van der Waals surface area (Å²) in [6.07, 6.45) is 6.97. The molecule has 332 valence electrons. The zero-order valence-corrected chi connectivity index (χ0v) is 37.9. The highest BCUT2D eigenvalue weighted by molar-refractivity contribution is 7.92. The van der Waals surface area contributed by atoms with Gasteiger partial charge in [-0.2, -0.15) is 0 Å². The number of pyridine rings is 1. The maximum absolute atomic E-state index is 16.1. The van der Waals surface area contributed by atoms with Crippen molar-refractivity contribution in [3.05, 3.63) is 89.4 Å². The van der Waals surface area contributed by atoms with E-state index in [1.54, 1.807) is 37.5 Å². The first-order valence-corrected chi connectivity index (χ1v) is 24.2. The summed E-state index contributed by atoms with van der Waals surface area (Å²) in [6.45, 7) is 14.8. The van der Waals surface area contributed by atoms with E-state index in [2.05, 4.69) is 47.2 Å². The number of sulfonamides is 1. The van der Waals surface area contributed by atoms with Gasteiger partial charge in [-0.1, -0.05) is 39.8 Å². The number of anilines is 5. The van der Waals surface area contributed by atoms with Crippen molar-refractivity contribution in [2.75, 3.05) is 71.4 Å². The van der Waals surface area contributed by atoms with Crippen molar-refractivity contribution in [3.63, 3.8) is 0 Å². The van der Waals surface area contributed by atoms with Crippen LogP contribution in [-0.4, -0.2) is 96.6 Å². The SMILES string of the molecule is CCCS(=O)(=O)Nc1cccc(-c2nc(C(C)(C)C)sc2-c2ccnc(Nc3ccc(N4CCN(CC5CCN(c6ccc([C@H]7CCC(=O)NC7=O)cn6)CC5)CC4)cc3)n2)c1F. The molecule has 3 aliphatic heterocycles. The van der Waals surface area contributed by atoms with Crippen molar-refractivity contribution in [2.45, 2.75) is 71.1 Å². The maximum atomic E-state index is 16.1. The summed E-state index contributed by atoms with van der Waals surface area (Å²) in [5.74, 6) is 0.402. The van der Waals surface area contributed by atoms with Gasteiger partial charge in [0.2, 0.25) is 27.8 Å². The van der Waals surface area contributed by atoms with Crippen LogP contribution >= 0.6 is 11.3 Å². The Balaban J connectivity index is 0.852. The number of hydrogen-bond acceptors (Lipinski definition) is 13. The molecular weight excluding hydrogens is 840 g/mol. The molecule has 5 aromatic rings. The van der Waals surface area contributed by atoms with E-state index >= 15 is 4.39 Å². The highest BCUT2D eigenvalue weighted by atomic mass is 32.2. The van der Waals surface area contributed by atoms with Gasteiger partial charge in [0.15, 0.2) is 5.82 Å². The van der Waals surface area contributed by atoms with Crippen molar-refractivity contribution in [3.8, 4) is 21.8 Å². The Hall–Kier alpha value is -5.52. The molecule has 1 atom stereocenters. The molecule has 17 heteroatoms. The van der Waals surface area contributed by atoms with Crippen LogP contribution in [0.1, 0.15) is 76.3 Å². The van der Waals surface area contributed by atoms with Crippen LogP contribution in [0.3, 0.4) is 0 Å². The summed E-state index contributed by atoms with van der Waals surface area (Å²) in [4.78, 5) is 50.7. The Morgan fingerprint density at radius 1 is 0.889 bits per heavy atom. The molecular formula is C46H55FN10O4S2. The van der Waals surface area contributed by atoms with Crippen molar-refractivity contribution in [1.29, 1.82) is 0 Å². The molecule has 0 aliphatic carbocycles. The first kappa shape index (κ1) is 44.1. The van der Waals surface area contributed by atoms with Gasteiger partial charge in [-0.15, -0.1) is 11.3 Å². The van der Waals surface area contributed by atoms with E-state index in [1.165, 1.54) is 17.4 Å². The van der Waals surface area contributed by atoms with E-state index in [9.17, 15) is 18.0 Å². The molecule has 3 aromatic heterocycles. The van der Waals surface area contributed by atoms with E-state index in [-0.39, 0.29) is 40.2 Å². The van der Waals surface area contributed by atoms with Gasteiger partial charge in [-0.05, 0) is 85.7 Å². The predicted octanol–water partition coefficient (Wildman–Crippen LogP) is 7.55. The van der Waals surface area contributed by atoms with Gasteiger partial charge in [0.1, 0.15) is 5.82 Å². The minimum absolute atomic E-state index is 0.110. The number of piperazine rings is 1. The second kappa shape index (κ2) is 18.7. The standard InChI is InChI=1S/C46H55FN10O4S2/c1-5-27-63(60,61)54-36-8-6-7-35(40(36)47)41-42(62-44(53-41)46(2,3)4)37-17-20-48-45(51-37)50-32-10-12-33(13-11-32)56-25-23-55(24-26-56)29-30-18-21-57(22-19-30)38-15-9-31(28-49-38)34-14-16-39(58)52-43(34)59/h6-13,15,17,20,28,30,34,54H,5,14,16,18-19,21-27,29H2,1-4H3,(H,48,50,51)(H,52,58,59)/t34-/m1/s1. The molecule has 0 bridgehead atoms. The number of thiazole rings is 1. The van der Waals surface area contributed by atoms with Crippen LogP contribution < -0.4 is 25.2 Å². The second-order valence-electron chi connectivity index (χ2n) is 17.6. The number of carbonyl (C=O) groups is 2. The van der Waals surface area contributed by atoms with Gasteiger partial charge in [-0.3, -0.25) is 24.5 Å². The number of rotatable bonds is 13. The van der Waals surface area contributed by atoms with Crippen LogP contribution in [0.15, 0.2) is 73.1 Å². The van der Waals surface area contributed by atoms with Crippen LogP contribution in [0, 0.1) is 11.7 Å². The molecule has 2 amide bonds. The Morgan fingerprint density at radius 3 is 2.33 bits per heavy atom. The lowest BCUT2D eigenvalue weighted by atomic mass is 9.91. The molecule has 2 aromatic carbocycles. The molecule has 0 saturated carbocycles. The number of nitrogens with one attached hydrogen (secondary N) is 3. The summed E-state index contributed by atoms with van der Waals surface area (Å²) in [5.41, 5.74) is 3.56. The summed E-state index contributed by atoms with van der Waals surface area (Å²) < 4.78 is 43.5. The number of piperidine rings is 2. The normalized spacial score (nSPS) is 18.1. The van der Waals surface area contributed by atoms with E-state index < -0.39 is 15.8 Å². The van der Waals surface area contributed by atoms with Crippen molar-refractivity contribution in [1.82, 2.24) is 30.2 Å². The zero-order valence-electron chi connectivity index (χ0n) is 36.2. The van der Waals surface area contributed by atoms with Gasteiger partial charge in [0, 0.05) is 87.0 Å².